The largest absolute Gasteiger partial charge is 0.310 e. The Labute approximate surface area is 126 Å². The molecule has 0 unspecified atom stereocenters. The number of aromatic nitrogens is 1. The highest BCUT2D eigenvalue weighted by molar-refractivity contribution is 9.10. The molecule has 0 bridgehead atoms. The molecule has 1 N–H and O–H groups in total. The van der Waals surface area contributed by atoms with Gasteiger partial charge >= 0.3 is 0 Å². The molecule has 1 aliphatic carbocycles. The third kappa shape index (κ3) is 2.48. The monoisotopic (exact) mass is 330 g/mol. The Morgan fingerprint density at radius 3 is 2.65 bits per heavy atom. The topological polar surface area (TPSA) is 42.0 Å². The Morgan fingerprint density at radius 2 is 2.00 bits per heavy atom. The molecule has 2 aromatic rings. The number of carbonyl (C=O) groups is 1. The second-order valence-corrected chi connectivity index (χ2v) is 6.13. The number of aryl methyl sites for hydroxylation is 1. The molecule has 0 radical (unpaired) electrons. The number of nitrogens with one attached hydrogen (secondary N) is 1. The summed E-state index contributed by atoms with van der Waals surface area (Å²) in [6.45, 7) is 1.91. The van der Waals surface area contributed by atoms with Gasteiger partial charge in [-0.05, 0) is 49.6 Å². The van der Waals surface area contributed by atoms with Crippen molar-refractivity contribution in [2.75, 3.05) is 5.32 Å². The van der Waals surface area contributed by atoms with Crippen LogP contribution in [0.3, 0.4) is 0 Å². The van der Waals surface area contributed by atoms with Crippen molar-refractivity contribution >= 4 is 27.7 Å². The van der Waals surface area contributed by atoms with Crippen LogP contribution in [0.25, 0.3) is 0 Å². The quantitative estimate of drug-likeness (QED) is 0.929. The minimum Gasteiger partial charge on any atom is -0.310 e. The van der Waals surface area contributed by atoms with E-state index in [1.807, 2.05) is 49.4 Å². The number of nitrogens with zero attached hydrogens (tertiary/aromatic N) is 1. The maximum absolute atomic E-state index is 12.6. The summed E-state index contributed by atoms with van der Waals surface area (Å²) in [6, 6.07) is 13.6. The predicted molar refractivity (Wildman–Crippen MR) is 82.7 cm³/mol. The first-order valence-electron chi connectivity index (χ1n) is 6.61. The number of anilines is 1. The van der Waals surface area contributed by atoms with Gasteiger partial charge in [0.1, 0.15) is 5.82 Å². The van der Waals surface area contributed by atoms with Crippen molar-refractivity contribution in [3.63, 3.8) is 0 Å². The van der Waals surface area contributed by atoms with E-state index in [0.717, 1.165) is 28.6 Å². The van der Waals surface area contributed by atoms with Crippen LogP contribution in [0.2, 0.25) is 0 Å². The lowest BCUT2D eigenvalue weighted by Gasteiger charge is -2.16. The second kappa shape index (κ2) is 5.02. The van der Waals surface area contributed by atoms with Crippen molar-refractivity contribution in [3.8, 4) is 0 Å². The molecule has 1 saturated carbocycles. The summed E-state index contributed by atoms with van der Waals surface area (Å²) in [4.78, 5) is 16.9. The zero-order chi connectivity index (χ0) is 14.2. The second-order valence-electron chi connectivity index (χ2n) is 5.21. The molecule has 1 amide bonds. The van der Waals surface area contributed by atoms with Crippen LogP contribution in [-0.2, 0) is 10.2 Å². The molecule has 3 nitrogen and oxygen atoms in total. The van der Waals surface area contributed by atoms with Crippen molar-refractivity contribution < 1.29 is 4.79 Å². The van der Waals surface area contributed by atoms with E-state index in [4.69, 9.17) is 0 Å². The molecule has 0 saturated heterocycles. The highest BCUT2D eigenvalue weighted by Crippen LogP contribution is 2.49. The Hall–Kier alpha value is -1.68. The maximum Gasteiger partial charge on any atom is 0.236 e. The van der Waals surface area contributed by atoms with Crippen LogP contribution in [0, 0.1) is 6.92 Å². The van der Waals surface area contributed by atoms with Gasteiger partial charge in [-0.15, -0.1) is 0 Å². The Kier molecular flexibility index (Phi) is 3.34. The molecule has 0 spiro atoms. The van der Waals surface area contributed by atoms with Gasteiger partial charge in [0, 0.05) is 10.2 Å². The molecule has 1 aromatic carbocycles. The Balaban J connectivity index is 1.83. The molecule has 0 aliphatic heterocycles. The first kappa shape index (κ1) is 13.3. The van der Waals surface area contributed by atoms with Gasteiger partial charge in [0.2, 0.25) is 5.91 Å². The van der Waals surface area contributed by atoms with Gasteiger partial charge in [-0.25, -0.2) is 4.98 Å². The van der Waals surface area contributed by atoms with E-state index < -0.39 is 0 Å². The highest BCUT2D eigenvalue weighted by atomic mass is 79.9. The first-order valence-corrected chi connectivity index (χ1v) is 7.41. The summed E-state index contributed by atoms with van der Waals surface area (Å²) in [6.07, 6.45) is 1.78. The zero-order valence-electron chi connectivity index (χ0n) is 11.2. The minimum atomic E-state index is -0.380. The molecule has 1 aromatic heterocycles. The standard InChI is InChI=1S/C16H15BrN2O/c1-11-4-2-7-14(18-11)19-15(20)16(8-9-16)12-5-3-6-13(17)10-12/h2-7,10H,8-9H2,1H3,(H,18,19,20). The number of pyridine rings is 1. The predicted octanol–water partition coefficient (Wildman–Crippen LogP) is 3.82. The Morgan fingerprint density at radius 1 is 1.25 bits per heavy atom. The number of rotatable bonds is 3. The van der Waals surface area contributed by atoms with E-state index in [9.17, 15) is 4.79 Å². The van der Waals surface area contributed by atoms with E-state index in [1.165, 1.54) is 0 Å². The van der Waals surface area contributed by atoms with Crippen LogP contribution in [0.1, 0.15) is 24.1 Å². The number of halogens is 1. The van der Waals surface area contributed by atoms with Gasteiger partial charge in [-0.3, -0.25) is 4.79 Å². The highest BCUT2D eigenvalue weighted by Gasteiger charge is 2.51. The van der Waals surface area contributed by atoms with Crippen molar-refractivity contribution in [1.29, 1.82) is 0 Å². The van der Waals surface area contributed by atoms with Gasteiger partial charge in [0.05, 0.1) is 5.41 Å². The van der Waals surface area contributed by atoms with Crippen LogP contribution in [0.5, 0.6) is 0 Å². The number of hydrogen-bond donors (Lipinski definition) is 1. The fourth-order valence-corrected chi connectivity index (χ4v) is 2.81. The fraction of sp³-hybridized carbons (Fsp3) is 0.250. The zero-order valence-corrected chi connectivity index (χ0v) is 12.8. The van der Waals surface area contributed by atoms with Gasteiger partial charge in [-0.2, -0.15) is 0 Å². The fourth-order valence-electron chi connectivity index (χ4n) is 2.41. The number of hydrogen-bond acceptors (Lipinski definition) is 2. The van der Waals surface area contributed by atoms with Crippen molar-refractivity contribution in [3.05, 3.63) is 58.2 Å². The lowest BCUT2D eigenvalue weighted by molar-refractivity contribution is -0.118. The molecule has 1 heterocycles. The smallest absolute Gasteiger partial charge is 0.236 e. The Bertz CT molecular complexity index is 665. The van der Waals surface area contributed by atoms with Crippen molar-refractivity contribution in [1.82, 2.24) is 4.98 Å². The summed E-state index contributed by atoms with van der Waals surface area (Å²) < 4.78 is 1.00. The SMILES string of the molecule is Cc1cccc(NC(=O)C2(c3cccc(Br)c3)CC2)n1. The summed E-state index contributed by atoms with van der Waals surface area (Å²) >= 11 is 3.46. The van der Waals surface area contributed by atoms with Crippen LogP contribution in [0.15, 0.2) is 46.9 Å². The average molecular weight is 331 g/mol. The lowest BCUT2D eigenvalue weighted by atomic mass is 9.95. The summed E-state index contributed by atoms with van der Waals surface area (Å²) in [7, 11) is 0. The van der Waals surface area contributed by atoms with Crippen molar-refractivity contribution in [2.24, 2.45) is 0 Å². The molecule has 3 rings (SSSR count). The van der Waals surface area contributed by atoms with Crippen LogP contribution in [0.4, 0.5) is 5.82 Å². The van der Waals surface area contributed by atoms with Crippen LogP contribution >= 0.6 is 15.9 Å². The maximum atomic E-state index is 12.6. The van der Waals surface area contributed by atoms with E-state index >= 15 is 0 Å². The summed E-state index contributed by atoms with van der Waals surface area (Å²) in [5.41, 5.74) is 1.59. The summed E-state index contributed by atoms with van der Waals surface area (Å²) in [5, 5.41) is 2.94. The molecule has 0 atom stereocenters. The van der Waals surface area contributed by atoms with Gasteiger partial charge in [-0.1, -0.05) is 34.1 Å². The summed E-state index contributed by atoms with van der Waals surface area (Å²) in [5.74, 6) is 0.657. The van der Waals surface area contributed by atoms with E-state index in [-0.39, 0.29) is 11.3 Å². The molecule has 20 heavy (non-hydrogen) atoms. The van der Waals surface area contributed by atoms with Gasteiger partial charge in [0.25, 0.3) is 0 Å². The number of amides is 1. The molecule has 1 fully saturated rings. The van der Waals surface area contributed by atoms with Crippen molar-refractivity contribution in [2.45, 2.75) is 25.2 Å². The average Bonchev–Trinajstić information content (AvgIpc) is 3.20. The van der Waals surface area contributed by atoms with E-state index in [0.29, 0.717) is 5.82 Å². The molecular formula is C16H15BrN2O. The third-order valence-electron chi connectivity index (χ3n) is 3.69. The lowest BCUT2D eigenvalue weighted by Crippen LogP contribution is -2.28. The molecule has 1 aliphatic rings. The van der Waals surface area contributed by atoms with Gasteiger partial charge < -0.3 is 5.32 Å². The normalized spacial score (nSPS) is 15.7. The molecule has 4 heteroatoms. The first-order chi connectivity index (χ1) is 9.60. The van der Waals surface area contributed by atoms with E-state index in [2.05, 4.69) is 26.2 Å². The molecule has 102 valence electrons. The van der Waals surface area contributed by atoms with Gasteiger partial charge in [0.15, 0.2) is 0 Å². The van der Waals surface area contributed by atoms with Crippen LogP contribution in [-0.4, -0.2) is 10.9 Å². The number of benzene rings is 1. The minimum absolute atomic E-state index is 0.0358. The van der Waals surface area contributed by atoms with E-state index in [1.54, 1.807) is 0 Å². The third-order valence-corrected chi connectivity index (χ3v) is 4.19. The van der Waals surface area contributed by atoms with Crippen LogP contribution < -0.4 is 5.32 Å². The number of carbonyl (C=O) groups excluding carboxylic acids is 1. The molecular weight excluding hydrogens is 316 g/mol.